The molecule has 2 atom stereocenters. The fourth-order valence-electron chi connectivity index (χ4n) is 2.81. The smallest absolute Gasteiger partial charge is 0.229 e. The van der Waals surface area contributed by atoms with Gasteiger partial charge in [-0.3, -0.25) is 4.79 Å². The highest BCUT2D eigenvalue weighted by Gasteiger charge is 2.22. The highest BCUT2D eigenvalue weighted by atomic mass is 16.6. The summed E-state index contributed by atoms with van der Waals surface area (Å²) < 4.78 is 11.1. The molecule has 0 saturated heterocycles. The molecule has 3 N–H and O–H groups in total. The molecular formula is C19H22N2O3. The highest BCUT2D eigenvalue weighted by molar-refractivity contribution is 5.84. The van der Waals surface area contributed by atoms with E-state index in [-0.39, 0.29) is 24.4 Å². The zero-order chi connectivity index (χ0) is 16.9. The van der Waals surface area contributed by atoms with Crippen LogP contribution in [0.15, 0.2) is 48.5 Å². The van der Waals surface area contributed by atoms with E-state index >= 15 is 0 Å². The predicted molar refractivity (Wildman–Crippen MR) is 92.2 cm³/mol. The highest BCUT2D eigenvalue weighted by Crippen LogP contribution is 2.32. The molecule has 0 fully saturated rings. The standard InChI is InChI=1S/C19H22N2O3/c1-13(15-7-8-17-18(11-15)24-10-9-23-17)21-19(22)16(12-20)14-5-3-2-4-6-14/h2-8,11,13,16H,9-10,12,20H2,1H3,(H,21,22). The van der Waals surface area contributed by atoms with Crippen LogP contribution >= 0.6 is 0 Å². The summed E-state index contributed by atoms with van der Waals surface area (Å²) in [5.74, 6) is 1.03. The Hall–Kier alpha value is -2.53. The van der Waals surface area contributed by atoms with Crippen LogP contribution in [0.25, 0.3) is 0 Å². The van der Waals surface area contributed by atoms with Gasteiger partial charge in [0.2, 0.25) is 5.91 Å². The van der Waals surface area contributed by atoms with Gasteiger partial charge in [0.25, 0.3) is 0 Å². The van der Waals surface area contributed by atoms with Crippen molar-refractivity contribution in [3.8, 4) is 11.5 Å². The second kappa shape index (κ2) is 7.36. The average molecular weight is 326 g/mol. The number of nitrogens with one attached hydrogen (secondary N) is 1. The summed E-state index contributed by atoms with van der Waals surface area (Å²) in [5.41, 5.74) is 7.71. The summed E-state index contributed by atoms with van der Waals surface area (Å²) >= 11 is 0. The normalized spacial score (nSPS) is 15.4. The molecule has 1 aliphatic rings. The van der Waals surface area contributed by atoms with E-state index in [4.69, 9.17) is 15.2 Å². The number of fused-ring (bicyclic) bond motifs is 1. The van der Waals surface area contributed by atoms with E-state index in [1.54, 1.807) is 0 Å². The molecule has 1 aliphatic heterocycles. The van der Waals surface area contributed by atoms with E-state index < -0.39 is 0 Å². The Morgan fingerprint density at radius 1 is 1.08 bits per heavy atom. The Morgan fingerprint density at radius 2 is 1.79 bits per heavy atom. The average Bonchev–Trinajstić information content (AvgIpc) is 2.62. The van der Waals surface area contributed by atoms with Crippen LogP contribution in [0.1, 0.15) is 30.0 Å². The van der Waals surface area contributed by atoms with Crippen molar-refractivity contribution < 1.29 is 14.3 Å². The lowest BCUT2D eigenvalue weighted by Gasteiger charge is -2.22. The predicted octanol–water partition coefficient (Wildman–Crippen LogP) is 2.38. The van der Waals surface area contributed by atoms with E-state index in [0.717, 1.165) is 22.6 Å². The first-order valence-electron chi connectivity index (χ1n) is 8.14. The van der Waals surface area contributed by atoms with Gasteiger partial charge in [-0.25, -0.2) is 0 Å². The van der Waals surface area contributed by atoms with Gasteiger partial charge in [0.1, 0.15) is 13.2 Å². The van der Waals surface area contributed by atoms with Crippen molar-refractivity contribution in [1.82, 2.24) is 5.32 Å². The summed E-state index contributed by atoms with van der Waals surface area (Å²) in [6.45, 7) is 3.32. The lowest BCUT2D eigenvalue weighted by Crippen LogP contribution is -2.35. The van der Waals surface area contributed by atoms with Gasteiger partial charge in [-0.1, -0.05) is 36.4 Å². The molecule has 2 aromatic carbocycles. The van der Waals surface area contributed by atoms with Gasteiger partial charge in [-0.2, -0.15) is 0 Å². The Labute approximate surface area is 141 Å². The molecule has 0 aromatic heterocycles. The number of hydrogen-bond donors (Lipinski definition) is 2. The van der Waals surface area contributed by atoms with Crippen LogP contribution in [-0.2, 0) is 4.79 Å². The van der Waals surface area contributed by atoms with Crippen LogP contribution in [0, 0.1) is 0 Å². The molecule has 1 amide bonds. The Bertz CT molecular complexity index is 703. The van der Waals surface area contributed by atoms with E-state index in [1.807, 2.05) is 55.5 Å². The third-order valence-electron chi connectivity index (χ3n) is 4.18. The number of amides is 1. The lowest BCUT2D eigenvalue weighted by atomic mass is 9.97. The first kappa shape index (κ1) is 16.3. The van der Waals surface area contributed by atoms with Gasteiger partial charge in [-0.15, -0.1) is 0 Å². The number of rotatable bonds is 5. The third kappa shape index (κ3) is 3.51. The van der Waals surface area contributed by atoms with Crippen LogP contribution < -0.4 is 20.5 Å². The van der Waals surface area contributed by atoms with E-state index in [9.17, 15) is 4.79 Å². The molecule has 1 heterocycles. The van der Waals surface area contributed by atoms with E-state index in [0.29, 0.717) is 13.2 Å². The molecule has 3 rings (SSSR count). The summed E-state index contributed by atoms with van der Waals surface area (Å²) in [6.07, 6.45) is 0. The molecule has 0 radical (unpaired) electrons. The zero-order valence-corrected chi connectivity index (χ0v) is 13.7. The molecule has 0 aliphatic carbocycles. The quantitative estimate of drug-likeness (QED) is 0.885. The number of carbonyl (C=O) groups excluding carboxylic acids is 1. The molecule has 2 aromatic rings. The second-order valence-electron chi connectivity index (χ2n) is 5.83. The van der Waals surface area contributed by atoms with Crippen molar-refractivity contribution in [2.75, 3.05) is 19.8 Å². The molecular weight excluding hydrogens is 304 g/mol. The minimum absolute atomic E-state index is 0.0777. The molecule has 0 spiro atoms. The zero-order valence-electron chi connectivity index (χ0n) is 13.7. The van der Waals surface area contributed by atoms with Crippen LogP contribution in [0.5, 0.6) is 11.5 Å². The topological polar surface area (TPSA) is 73.6 Å². The lowest BCUT2D eigenvalue weighted by molar-refractivity contribution is -0.123. The third-order valence-corrected chi connectivity index (χ3v) is 4.18. The largest absolute Gasteiger partial charge is 0.486 e. The van der Waals surface area contributed by atoms with Crippen LogP contribution in [0.2, 0.25) is 0 Å². The maximum atomic E-state index is 12.6. The molecule has 5 nitrogen and oxygen atoms in total. The van der Waals surface area contributed by atoms with E-state index in [2.05, 4.69) is 5.32 Å². The molecule has 24 heavy (non-hydrogen) atoms. The van der Waals surface area contributed by atoms with Crippen molar-refractivity contribution in [2.45, 2.75) is 18.9 Å². The SMILES string of the molecule is CC(NC(=O)C(CN)c1ccccc1)c1ccc2c(c1)OCCO2. The number of ether oxygens (including phenoxy) is 2. The second-order valence-corrected chi connectivity index (χ2v) is 5.83. The van der Waals surface area contributed by atoms with Crippen molar-refractivity contribution in [2.24, 2.45) is 5.73 Å². The van der Waals surface area contributed by atoms with Gasteiger partial charge in [0.15, 0.2) is 11.5 Å². The summed E-state index contributed by atoms with van der Waals surface area (Å²) in [7, 11) is 0. The van der Waals surface area contributed by atoms with Gasteiger partial charge in [0, 0.05) is 6.54 Å². The number of nitrogens with two attached hydrogens (primary N) is 1. The number of benzene rings is 2. The van der Waals surface area contributed by atoms with Gasteiger partial charge < -0.3 is 20.5 Å². The fourth-order valence-corrected chi connectivity index (χ4v) is 2.81. The Morgan fingerprint density at radius 3 is 2.50 bits per heavy atom. The monoisotopic (exact) mass is 326 g/mol. The van der Waals surface area contributed by atoms with Crippen molar-refractivity contribution in [1.29, 1.82) is 0 Å². The minimum atomic E-state index is -0.356. The maximum Gasteiger partial charge on any atom is 0.229 e. The van der Waals surface area contributed by atoms with Crippen LogP contribution in [0.3, 0.4) is 0 Å². The Kier molecular flexibility index (Phi) is 5.01. The van der Waals surface area contributed by atoms with Gasteiger partial charge in [0.05, 0.1) is 12.0 Å². The van der Waals surface area contributed by atoms with E-state index in [1.165, 1.54) is 0 Å². The summed E-state index contributed by atoms with van der Waals surface area (Å²) in [6, 6.07) is 15.2. The molecule has 0 saturated carbocycles. The summed E-state index contributed by atoms with van der Waals surface area (Å²) in [5, 5.41) is 3.04. The first-order valence-corrected chi connectivity index (χ1v) is 8.14. The first-order chi connectivity index (χ1) is 11.7. The van der Waals surface area contributed by atoms with Crippen LogP contribution in [0.4, 0.5) is 0 Å². The molecule has 2 unspecified atom stereocenters. The Balaban J connectivity index is 1.71. The number of hydrogen-bond acceptors (Lipinski definition) is 4. The van der Waals surface area contributed by atoms with Gasteiger partial charge in [-0.05, 0) is 30.2 Å². The van der Waals surface area contributed by atoms with Crippen molar-refractivity contribution in [3.05, 3.63) is 59.7 Å². The fraction of sp³-hybridized carbons (Fsp3) is 0.316. The minimum Gasteiger partial charge on any atom is -0.486 e. The van der Waals surface area contributed by atoms with Crippen molar-refractivity contribution >= 4 is 5.91 Å². The number of carbonyl (C=O) groups is 1. The van der Waals surface area contributed by atoms with Crippen molar-refractivity contribution in [3.63, 3.8) is 0 Å². The summed E-state index contributed by atoms with van der Waals surface area (Å²) in [4.78, 5) is 12.6. The van der Waals surface area contributed by atoms with Gasteiger partial charge >= 0.3 is 0 Å². The molecule has 0 bridgehead atoms. The molecule has 126 valence electrons. The molecule has 5 heteroatoms. The maximum absolute atomic E-state index is 12.6. The van der Waals surface area contributed by atoms with Crippen LogP contribution in [-0.4, -0.2) is 25.7 Å².